The highest BCUT2D eigenvalue weighted by atomic mass is 35.5. The molecule has 8 heteroatoms. The molecule has 0 amide bonds. The van der Waals surface area contributed by atoms with Crippen molar-refractivity contribution >= 4 is 40.4 Å². The van der Waals surface area contributed by atoms with E-state index in [1.54, 1.807) is 25.3 Å². The van der Waals surface area contributed by atoms with Crippen molar-refractivity contribution in [2.24, 2.45) is 0 Å². The Hall–Kier alpha value is -2.57. The molecule has 0 aliphatic heterocycles. The van der Waals surface area contributed by atoms with Crippen LogP contribution in [-0.4, -0.2) is 17.1 Å². The molecule has 1 heterocycles. The van der Waals surface area contributed by atoms with Crippen LogP contribution in [0.4, 0.5) is 21.6 Å². The SMILES string of the molecule is COc1ccc(-c2c(C)ncnc2Nc2cc(Cl)cc(F)c2N)c(Cl)c1. The molecule has 0 saturated carbocycles. The summed E-state index contributed by atoms with van der Waals surface area (Å²) in [6, 6.07) is 7.96. The van der Waals surface area contributed by atoms with E-state index in [9.17, 15) is 4.39 Å². The molecule has 26 heavy (non-hydrogen) atoms. The van der Waals surface area contributed by atoms with Gasteiger partial charge in [-0.1, -0.05) is 23.2 Å². The van der Waals surface area contributed by atoms with Gasteiger partial charge in [-0.25, -0.2) is 14.4 Å². The van der Waals surface area contributed by atoms with Crippen LogP contribution in [0.5, 0.6) is 5.75 Å². The zero-order chi connectivity index (χ0) is 18.8. The van der Waals surface area contributed by atoms with E-state index in [0.29, 0.717) is 39.1 Å². The summed E-state index contributed by atoms with van der Waals surface area (Å²) in [6.07, 6.45) is 1.40. The van der Waals surface area contributed by atoms with Crippen molar-refractivity contribution in [3.8, 4) is 16.9 Å². The van der Waals surface area contributed by atoms with Gasteiger partial charge < -0.3 is 15.8 Å². The Morgan fingerprint density at radius 1 is 1.15 bits per heavy atom. The lowest BCUT2D eigenvalue weighted by Gasteiger charge is -2.16. The summed E-state index contributed by atoms with van der Waals surface area (Å²) >= 11 is 12.3. The lowest BCUT2D eigenvalue weighted by molar-refractivity contribution is 0.415. The van der Waals surface area contributed by atoms with Crippen LogP contribution in [0.15, 0.2) is 36.7 Å². The number of nitrogen functional groups attached to an aromatic ring is 1. The van der Waals surface area contributed by atoms with Crippen LogP contribution in [0.1, 0.15) is 5.69 Å². The van der Waals surface area contributed by atoms with Gasteiger partial charge in [-0.3, -0.25) is 0 Å². The molecule has 0 fully saturated rings. The number of anilines is 3. The number of benzene rings is 2. The molecule has 0 radical (unpaired) electrons. The summed E-state index contributed by atoms with van der Waals surface area (Å²) in [5, 5.41) is 3.71. The molecule has 0 bridgehead atoms. The van der Waals surface area contributed by atoms with E-state index in [1.165, 1.54) is 12.4 Å². The first-order chi connectivity index (χ1) is 12.4. The summed E-state index contributed by atoms with van der Waals surface area (Å²) in [6.45, 7) is 1.82. The lowest BCUT2D eigenvalue weighted by Crippen LogP contribution is -2.04. The number of nitrogens with zero attached hydrogens (tertiary/aromatic N) is 2. The van der Waals surface area contributed by atoms with Crippen molar-refractivity contribution in [1.29, 1.82) is 0 Å². The number of hydrogen-bond acceptors (Lipinski definition) is 5. The first-order valence-electron chi connectivity index (χ1n) is 7.57. The van der Waals surface area contributed by atoms with Gasteiger partial charge in [0.15, 0.2) is 0 Å². The number of nitrogens with two attached hydrogens (primary N) is 1. The van der Waals surface area contributed by atoms with E-state index in [4.69, 9.17) is 33.7 Å². The number of methoxy groups -OCH3 is 1. The summed E-state index contributed by atoms with van der Waals surface area (Å²) in [5.41, 5.74) is 8.12. The minimum atomic E-state index is -0.616. The third-order valence-corrected chi connectivity index (χ3v) is 4.36. The standard InChI is InChI=1S/C18H15Cl2FN4O/c1-9-16(12-4-3-11(26-2)7-13(12)20)18(24-8-23-9)25-15-6-10(19)5-14(21)17(15)22/h3-8H,22H2,1-2H3,(H,23,24,25). The number of aromatic nitrogens is 2. The zero-order valence-electron chi connectivity index (χ0n) is 14.0. The van der Waals surface area contributed by atoms with E-state index in [1.807, 2.05) is 6.92 Å². The minimum absolute atomic E-state index is 0.0579. The van der Waals surface area contributed by atoms with Gasteiger partial charge in [0.05, 0.1) is 29.2 Å². The molecule has 0 aliphatic rings. The molecule has 0 spiro atoms. The van der Waals surface area contributed by atoms with Crippen molar-refractivity contribution in [2.75, 3.05) is 18.2 Å². The van der Waals surface area contributed by atoms with Gasteiger partial charge in [-0.15, -0.1) is 0 Å². The van der Waals surface area contributed by atoms with Crippen molar-refractivity contribution < 1.29 is 9.13 Å². The van der Waals surface area contributed by atoms with Gasteiger partial charge >= 0.3 is 0 Å². The van der Waals surface area contributed by atoms with Crippen LogP contribution in [0.3, 0.4) is 0 Å². The molecule has 0 unspecified atom stereocenters. The summed E-state index contributed by atoms with van der Waals surface area (Å²) in [7, 11) is 1.56. The second-order valence-electron chi connectivity index (χ2n) is 5.50. The molecule has 0 saturated heterocycles. The van der Waals surface area contributed by atoms with Gasteiger partial charge in [0.1, 0.15) is 23.7 Å². The van der Waals surface area contributed by atoms with E-state index in [2.05, 4.69) is 15.3 Å². The molecule has 3 rings (SSSR count). The molecular formula is C18H15Cl2FN4O. The largest absolute Gasteiger partial charge is 0.497 e. The smallest absolute Gasteiger partial charge is 0.149 e. The van der Waals surface area contributed by atoms with E-state index in [0.717, 1.165) is 6.07 Å². The maximum Gasteiger partial charge on any atom is 0.149 e. The van der Waals surface area contributed by atoms with Gasteiger partial charge in [-0.05, 0) is 37.3 Å². The maximum absolute atomic E-state index is 13.9. The molecule has 1 aromatic heterocycles. The van der Waals surface area contributed by atoms with Crippen LogP contribution >= 0.6 is 23.2 Å². The maximum atomic E-state index is 13.9. The average molecular weight is 393 g/mol. The highest BCUT2D eigenvalue weighted by molar-refractivity contribution is 6.33. The monoisotopic (exact) mass is 392 g/mol. The number of nitrogens with one attached hydrogen (secondary N) is 1. The van der Waals surface area contributed by atoms with Gasteiger partial charge in [0.25, 0.3) is 0 Å². The zero-order valence-corrected chi connectivity index (χ0v) is 15.5. The molecule has 3 aromatic rings. The van der Waals surface area contributed by atoms with Crippen molar-refractivity contribution in [3.63, 3.8) is 0 Å². The predicted octanol–water partition coefficient (Wildman–Crippen LogP) is 5.23. The number of aryl methyl sites for hydroxylation is 1. The summed E-state index contributed by atoms with van der Waals surface area (Å²) in [5.74, 6) is 0.441. The Kier molecular flexibility index (Phi) is 5.15. The number of ether oxygens (including phenoxy) is 1. The lowest BCUT2D eigenvalue weighted by atomic mass is 10.0. The fourth-order valence-electron chi connectivity index (χ4n) is 2.53. The highest BCUT2D eigenvalue weighted by Gasteiger charge is 2.17. The second kappa shape index (κ2) is 7.35. The van der Waals surface area contributed by atoms with Crippen molar-refractivity contribution in [3.05, 3.63) is 58.2 Å². The fourth-order valence-corrected chi connectivity index (χ4v) is 3.00. The molecule has 2 aromatic carbocycles. The highest BCUT2D eigenvalue weighted by Crippen LogP contribution is 2.38. The van der Waals surface area contributed by atoms with Crippen molar-refractivity contribution in [2.45, 2.75) is 6.92 Å². The van der Waals surface area contributed by atoms with E-state index in [-0.39, 0.29) is 10.7 Å². The second-order valence-corrected chi connectivity index (χ2v) is 6.35. The minimum Gasteiger partial charge on any atom is -0.497 e. The molecule has 134 valence electrons. The fraction of sp³-hybridized carbons (Fsp3) is 0.111. The number of rotatable bonds is 4. The van der Waals surface area contributed by atoms with Gasteiger partial charge in [0, 0.05) is 16.1 Å². The molecule has 5 nitrogen and oxygen atoms in total. The van der Waals surface area contributed by atoms with Crippen LogP contribution < -0.4 is 15.8 Å². The Morgan fingerprint density at radius 2 is 1.92 bits per heavy atom. The van der Waals surface area contributed by atoms with E-state index >= 15 is 0 Å². The Balaban J connectivity index is 2.12. The summed E-state index contributed by atoms with van der Waals surface area (Å²) in [4.78, 5) is 8.49. The first-order valence-corrected chi connectivity index (χ1v) is 8.33. The van der Waals surface area contributed by atoms with E-state index < -0.39 is 5.82 Å². The van der Waals surface area contributed by atoms with Crippen LogP contribution in [0.25, 0.3) is 11.1 Å². The third-order valence-electron chi connectivity index (χ3n) is 3.83. The Bertz CT molecular complexity index is 982. The topological polar surface area (TPSA) is 73.1 Å². The molecule has 0 atom stereocenters. The molecule has 0 aliphatic carbocycles. The normalized spacial score (nSPS) is 10.7. The van der Waals surface area contributed by atoms with Crippen LogP contribution in [0, 0.1) is 12.7 Å². The quantitative estimate of drug-likeness (QED) is 0.594. The molecule has 3 N–H and O–H groups in total. The Morgan fingerprint density at radius 3 is 2.62 bits per heavy atom. The number of halogens is 3. The van der Waals surface area contributed by atoms with Crippen LogP contribution in [-0.2, 0) is 0 Å². The predicted molar refractivity (Wildman–Crippen MR) is 103 cm³/mol. The van der Waals surface area contributed by atoms with Gasteiger partial charge in [0.2, 0.25) is 0 Å². The first kappa shape index (κ1) is 18.2. The average Bonchev–Trinajstić information content (AvgIpc) is 2.60. The summed E-state index contributed by atoms with van der Waals surface area (Å²) < 4.78 is 19.1. The Labute approximate surface area is 159 Å². The van der Waals surface area contributed by atoms with Gasteiger partial charge in [-0.2, -0.15) is 0 Å². The third kappa shape index (κ3) is 3.52. The number of hydrogen-bond donors (Lipinski definition) is 2. The molecular weight excluding hydrogens is 378 g/mol. The van der Waals surface area contributed by atoms with Crippen LogP contribution in [0.2, 0.25) is 10.0 Å². The van der Waals surface area contributed by atoms with Crippen molar-refractivity contribution in [1.82, 2.24) is 9.97 Å².